The van der Waals surface area contributed by atoms with Crippen molar-refractivity contribution < 1.29 is 9.53 Å². The van der Waals surface area contributed by atoms with Crippen LogP contribution >= 0.6 is 0 Å². The minimum absolute atomic E-state index is 0.00905. The molecule has 0 unspecified atom stereocenters. The Bertz CT molecular complexity index is 369. The molecule has 0 atom stereocenters. The third-order valence-electron chi connectivity index (χ3n) is 4.77. The first-order chi connectivity index (χ1) is 13.2. The van der Waals surface area contributed by atoms with Crippen molar-refractivity contribution in [2.45, 2.75) is 117 Å². The van der Waals surface area contributed by atoms with E-state index < -0.39 is 0 Å². The Morgan fingerprint density at radius 2 is 1.41 bits per heavy atom. The molecule has 0 saturated heterocycles. The Morgan fingerprint density at radius 3 is 2.07 bits per heavy atom. The van der Waals surface area contributed by atoms with Gasteiger partial charge in [0.2, 0.25) is 0 Å². The first-order valence-corrected chi connectivity index (χ1v) is 11.6. The van der Waals surface area contributed by atoms with Crippen LogP contribution in [0.4, 0.5) is 0 Å². The molecular formula is C25H46O2. The van der Waals surface area contributed by atoms with Crippen LogP contribution in [0.2, 0.25) is 0 Å². The summed E-state index contributed by atoms with van der Waals surface area (Å²) in [6, 6.07) is 0. The van der Waals surface area contributed by atoms with E-state index in [0.717, 1.165) is 38.0 Å². The second-order valence-corrected chi connectivity index (χ2v) is 8.09. The zero-order chi connectivity index (χ0) is 20.0. The lowest BCUT2D eigenvalue weighted by Gasteiger charge is -2.06. The second kappa shape index (κ2) is 21.3. The van der Waals surface area contributed by atoms with Gasteiger partial charge in [0.25, 0.3) is 0 Å². The average molecular weight is 379 g/mol. The fourth-order valence-electron chi connectivity index (χ4n) is 2.99. The summed E-state index contributed by atoms with van der Waals surface area (Å²) in [5, 5.41) is 0. The Morgan fingerprint density at radius 1 is 0.778 bits per heavy atom. The van der Waals surface area contributed by atoms with Crippen molar-refractivity contribution in [3.05, 3.63) is 24.3 Å². The predicted octanol–water partition coefficient (Wildman–Crippen LogP) is 8.17. The Balaban J connectivity index is 3.27. The molecule has 0 bridgehead atoms. The van der Waals surface area contributed by atoms with Crippen LogP contribution in [0.3, 0.4) is 0 Å². The van der Waals surface area contributed by atoms with Crippen LogP contribution in [0.15, 0.2) is 24.3 Å². The molecule has 0 spiro atoms. The molecule has 0 aromatic rings. The van der Waals surface area contributed by atoms with Gasteiger partial charge in [-0.15, -0.1) is 0 Å². The molecule has 27 heavy (non-hydrogen) atoms. The molecule has 0 aromatic heterocycles. The van der Waals surface area contributed by atoms with Crippen LogP contribution in [0.1, 0.15) is 117 Å². The minimum Gasteiger partial charge on any atom is -0.466 e. The fourth-order valence-corrected chi connectivity index (χ4v) is 2.99. The zero-order valence-corrected chi connectivity index (χ0v) is 18.5. The topological polar surface area (TPSA) is 26.3 Å². The number of unbranched alkanes of at least 4 members (excludes halogenated alkanes) is 9. The lowest BCUT2D eigenvalue weighted by molar-refractivity contribution is -0.143. The van der Waals surface area contributed by atoms with Gasteiger partial charge in [-0.3, -0.25) is 4.79 Å². The van der Waals surface area contributed by atoms with Crippen molar-refractivity contribution in [1.82, 2.24) is 0 Å². The number of carbonyl (C=O) groups is 1. The molecule has 0 amide bonds. The van der Waals surface area contributed by atoms with E-state index in [1.54, 1.807) is 0 Å². The minimum atomic E-state index is -0.00905. The normalized spacial score (nSPS) is 11.9. The lowest BCUT2D eigenvalue weighted by Crippen LogP contribution is -2.05. The van der Waals surface area contributed by atoms with Gasteiger partial charge in [0, 0.05) is 6.42 Å². The van der Waals surface area contributed by atoms with E-state index in [-0.39, 0.29) is 5.97 Å². The maximum Gasteiger partial charge on any atom is 0.305 e. The quantitative estimate of drug-likeness (QED) is 0.129. The summed E-state index contributed by atoms with van der Waals surface area (Å²) < 4.78 is 5.29. The van der Waals surface area contributed by atoms with Crippen molar-refractivity contribution in [3.8, 4) is 0 Å². The van der Waals surface area contributed by atoms with Gasteiger partial charge >= 0.3 is 5.97 Å². The molecular weight excluding hydrogens is 332 g/mol. The summed E-state index contributed by atoms with van der Waals surface area (Å²) in [4.78, 5) is 11.6. The Kier molecular flexibility index (Phi) is 20.4. The molecule has 0 aliphatic heterocycles. The highest BCUT2D eigenvalue weighted by Gasteiger charge is 2.02. The highest BCUT2D eigenvalue weighted by atomic mass is 16.5. The van der Waals surface area contributed by atoms with E-state index in [1.807, 2.05) is 0 Å². The SMILES string of the molecule is CCCCC/C=C\C/C=C\CCCCCCCC(=O)OCCCCC(C)C. The van der Waals surface area contributed by atoms with E-state index in [0.29, 0.717) is 13.0 Å². The largest absolute Gasteiger partial charge is 0.466 e. The number of allylic oxidation sites excluding steroid dienone is 4. The molecule has 0 radical (unpaired) electrons. The molecule has 0 saturated carbocycles. The van der Waals surface area contributed by atoms with Crippen LogP contribution in [0.5, 0.6) is 0 Å². The molecule has 0 aliphatic carbocycles. The van der Waals surface area contributed by atoms with E-state index >= 15 is 0 Å². The van der Waals surface area contributed by atoms with Gasteiger partial charge < -0.3 is 4.74 Å². The molecule has 0 rings (SSSR count). The number of hydrogen-bond acceptors (Lipinski definition) is 2. The van der Waals surface area contributed by atoms with Crippen LogP contribution in [0, 0.1) is 5.92 Å². The van der Waals surface area contributed by atoms with Gasteiger partial charge in [-0.05, 0) is 57.3 Å². The van der Waals surface area contributed by atoms with E-state index in [2.05, 4.69) is 45.1 Å². The predicted molar refractivity (Wildman–Crippen MR) is 119 cm³/mol. The van der Waals surface area contributed by atoms with Crippen molar-refractivity contribution in [2.75, 3.05) is 6.61 Å². The maximum absolute atomic E-state index is 11.6. The zero-order valence-electron chi connectivity index (χ0n) is 18.5. The van der Waals surface area contributed by atoms with E-state index in [1.165, 1.54) is 57.8 Å². The summed E-state index contributed by atoms with van der Waals surface area (Å²) >= 11 is 0. The maximum atomic E-state index is 11.6. The fraction of sp³-hybridized carbons (Fsp3) is 0.800. The van der Waals surface area contributed by atoms with Crippen molar-refractivity contribution in [1.29, 1.82) is 0 Å². The second-order valence-electron chi connectivity index (χ2n) is 8.09. The molecule has 158 valence electrons. The third kappa shape index (κ3) is 22.9. The number of ether oxygens (including phenoxy) is 1. The van der Waals surface area contributed by atoms with Gasteiger partial charge in [0.1, 0.15) is 0 Å². The van der Waals surface area contributed by atoms with E-state index in [9.17, 15) is 4.79 Å². The van der Waals surface area contributed by atoms with Crippen LogP contribution in [-0.2, 0) is 9.53 Å². The summed E-state index contributed by atoms with van der Waals surface area (Å²) in [6.45, 7) is 7.31. The average Bonchev–Trinajstić information content (AvgIpc) is 2.64. The van der Waals surface area contributed by atoms with Gasteiger partial charge in [-0.2, -0.15) is 0 Å². The van der Waals surface area contributed by atoms with Gasteiger partial charge in [-0.1, -0.05) is 83.6 Å². The first-order valence-electron chi connectivity index (χ1n) is 11.6. The van der Waals surface area contributed by atoms with Gasteiger partial charge in [0.05, 0.1) is 6.61 Å². The van der Waals surface area contributed by atoms with Crippen molar-refractivity contribution in [3.63, 3.8) is 0 Å². The van der Waals surface area contributed by atoms with Crippen molar-refractivity contribution in [2.24, 2.45) is 5.92 Å². The van der Waals surface area contributed by atoms with Gasteiger partial charge in [-0.25, -0.2) is 0 Å². The smallest absolute Gasteiger partial charge is 0.305 e. The number of carbonyl (C=O) groups excluding carboxylic acids is 1. The molecule has 0 heterocycles. The van der Waals surface area contributed by atoms with Crippen molar-refractivity contribution >= 4 is 5.97 Å². The summed E-state index contributed by atoms with van der Waals surface area (Å²) in [7, 11) is 0. The van der Waals surface area contributed by atoms with Gasteiger partial charge in [0.15, 0.2) is 0 Å². The number of hydrogen-bond donors (Lipinski definition) is 0. The summed E-state index contributed by atoms with van der Waals surface area (Å²) in [5.41, 5.74) is 0. The van der Waals surface area contributed by atoms with Crippen LogP contribution in [-0.4, -0.2) is 12.6 Å². The van der Waals surface area contributed by atoms with E-state index in [4.69, 9.17) is 4.74 Å². The summed E-state index contributed by atoms with van der Waals surface area (Å²) in [5.74, 6) is 0.735. The molecule has 2 nitrogen and oxygen atoms in total. The van der Waals surface area contributed by atoms with Crippen LogP contribution in [0.25, 0.3) is 0 Å². The standard InChI is InChI=1S/C25H46O2/c1-4-5-6-7-8-9-10-11-12-13-14-15-16-17-18-22-25(26)27-23-20-19-21-24(2)3/h8-9,11-12,24H,4-7,10,13-23H2,1-3H3/b9-8-,12-11-. The molecule has 0 aliphatic rings. The number of esters is 1. The van der Waals surface area contributed by atoms with Crippen LogP contribution < -0.4 is 0 Å². The molecule has 0 aromatic carbocycles. The number of rotatable bonds is 19. The monoisotopic (exact) mass is 378 g/mol. The lowest BCUT2D eigenvalue weighted by atomic mass is 10.1. The molecule has 0 fully saturated rings. The molecule has 0 N–H and O–H groups in total. The molecule has 2 heteroatoms. The Hall–Kier alpha value is -1.05. The highest BCUT2D eigenvalue weighted by Crippen LogP contribution is 2.10. The first kappa shape index (κ1) is 26.0. The highest BCUT2D eigenvalue weighted by molar-refractivity contribution is 5.69. The third-order valence-corrected chi connectivity index (χ3v) is 4.77. The summed E-state index contributed by atoms with van der Waals surface area (Å²) in [6.07, 6.45) is 26.5. The Labute approximate surface area is 169 Å².